The highest BCUT2D eigenvalue weighted by molar-refractivity contribution is 5.96. The molecule has 0 bridgehead atoms. The van der Waals surface area contributed by atoms with E-state index in [0.717, 1.165) is 66.5 Å². The summed E-state index contributed by atoms with van der Waals surface area (Å²) in [6, 6.07) is 17.2. The lowest BCUT2D eigenvalue weighted by atomic mass is 9.92. The number of aliphatic hydroxyl groups excluding tert-OH is 3. The number of rotatable bonds is 27. The molecule has 0 radical (unpaired) electrons. The summed E-state index contributed by atoms with van der Waals surface area (Å²) in [5, 5.41) is 55.2. The number of hydrogen-bond acceptors (Lipinski definition) is 22. The van der Waals surface area contributed by atoms with E-state index < -0.39 is 66.9 Å². The van der Waals surface area contributed by atoms with E-state index in [9.17, 15) is 54.0 Å². The number of nitriles is 1. The Hall–Kier alpha value is -10.3. The van der Waals surface area contributed by atoms with Crippen LogP contribution < -0.4 is 38.5 Å². The number of aromatic nitrogens is 4. The van der Waals surface area contributed by atoms with Crippen molar-refractivity contribution in [2.75, 3.05) is 105 Å². The molecule has 0 unspecified atom stereocenters. The maximum absolute atomic E-state index is 13.9. The molecular formula is C70H87N12O19+. The minimum absolute atomic E-state index is 0.0412. The lowest BCUT2D eigenvalue weighted by Crippen LogP contribution is -2.61. The number of carboxylic acids is 1. The summed E-state index contributed by atoms with van der Waals surface area (Å²) in [6.07, 6.45) is -0.00200. The molecular weight excluding hydrogens is 1310 g/mol. The minimum atomic E-state index is -1.98. The number of pyridine rings is 1. The first-order chi connectivity index (χ1) is 48.5. The van der Waals surface area contributed by atoms with Crippen molar-refractivity contribution in [3.05, 3.63) is 84.4 Å². The van der Waals surface area contributed by atoms with E-state index in [1.807, 2.05) is 42.4 Å². The van der Waals surface area contributed by atoms with Crippen molar-refractivity contribution < 1.29 is 96.4 Å². The van der Waals surface area contributed by atoms with Crippen molar-refractivity contribution in [3.8, 4) is 46.1 Å². The van der Waals surface area contributed by atoms with E-state index in [-0.39, 0.29) is 94.1 Å². The van der Waals surface area contributed by atoms with Gasteiger partial charge in [-0.1, -0.05) is 45.1 Å². The molecule has 31 nitrogen and oxygen atoms in total. The smallest absolute Gasteiger partial charge is 0.415 e. The van der Waals surface area contributed by atoms with Crippen LogP contribution in [0.2, 0.25) is 0 Å². The van der Waals surface area contributed by atoms with Crippen molar-refractivity contribution >= 4 is 75.4 Å². The van der Waals surface area contributed by atoms with Gasteiger partial charge in [-0.25, -0.2) is 33.9 Å². The zero-order valence-electron chi connectivity index (χ0n) is 57.7. The van der Waals surface area contributed by atoms with Gasteiger partial charge >= 0.3 is 30.3 Å². The van der Waals surface area contributed by atoms with E-state index in [2.05, 4.69) is 32.8 Å². The second-order valence-electron chi connectivity index (χ2n) is 25.8. The fraction of sp³-hybridized carbons (Fsp3) is 0.500. The van der Waals surface area contributed by atoms with Crippen LogP contribution >= 0.6 is 0 Å². The fourth-order valence-corrected chi connectivity index (χ4v) is 12.6. The van der Waals surface area contributed by atoms with Gasteiger partial charge in [-0.3, -0.25) is 14.2 Å². The number of likely N-dealkylation sites (N-methyl/N-ethyl adjacent to an activating group) is 5. The predicted octanol–water partition coefficient (Wildman–Crippen LogP) is 6.12. The van der Waals surface area contributed by atoms with Crippen molar-refractivity contribution in [3.63, 3.8) is 0 Å². The van der Waals surface area contributed by atoms with E-state index in [4.69, 9.17) is 43.2 Å². The molecule has 2 saturated heterocycles. The SMILES string of the molecule is COc1ccc2cc3[n+](cc2c1OC(=O)N(C)CCN(C)C(=O)OCCCCCCCCCC(=O)Nc1cc(COC(=O)N(C)CCN(C)C(=O)n2ccc4c(N(C)[C@H]5CN(C(=O)CC#N)CC[C@H]5C)ncnc42)ccc1O[C@@H]1O[C@H](C(=O)O)[C@@H](O)[C@H](O)[C@H]1O)CCc1cc2c(cc1-3)OCO2. The molecule has 31 heteroatoms. The number of hydrogen-bond donors (Lipinski definition) is 5. The average molecular weight is 1400 g/mol. The Morgan fingerprint density at radius 2 is 1.46 bits per heavy atom. The Kier molecular flexibility index (Phi) is 24.2. The Bertz CT molecular complexity index is 4070. The van der Waals surface area contributed by atoms with Crippen molar-refractivity contribution in [2.45, 2.75) is 127 Å². The number of anilines is 2. The van der Waals surface area contributed by atoms with Crippen LogP contribution in [0.4, 0.5) is 30.7 Å². The number of unbranched alkanes of at least 4 members (excludes halogenated alkanes) is 6. The van der Waals surface area contributed by atoms with Crippen LogP contribution in [0, 0.1) is 17.2 Å². The summed E-state index contributed by atoms with van der Waals surface area (Å²) in [7, 11) is 9.64. The van der Waals surface area contributed by atoms with Gasteiger partial charge < -0.3 is 93.0 Å². The number of aryl methyl sites for hydroxylation is 2. The third-order valence-corrected chi connectivity index (χ3v) is 18.8. The van der Waals surface area contributed by atoms with Crippen molar-refractivity contribution in [1.29, 1.82) is 5.26 Å². The van der Waals surface area contributed by atoms with Gasteiger partial charge in [0.15, 0.2) is 47.5 Å². The monoisotopic (exact) mass is 1400 g/mol. The van der Waals surface area contributed by atoms with Gasteiger partial charge in [0.2, 0.25) is 30.6 Å². The molecule has 10 rings (SSSR count). The van der Waals surface area contributed by atoms with Crippen LogP contribution in [0.25, 0.3) is 33.1 Å². The number of carbonyl (C=O) groups is 7. The van der Waals surface area contributed by atoms with Crippen LogP contribution in [-0.4, -0.2) is 233 Å². The number of ether oxygens (including phenoxy) is 8. The normalized spacial score (nSPS) is 18.9. The van der Waals surface area contributed by atoms with E-state index >= 15 is 0 Å². The molecule has 0 saturated carbocycles. The number of carboxylic acid groups (broad SMARTS) is 1. The highest BCUT2D eigenvalue weighted by atomic mass is 16.7. The third-order valence-electron chi connectivity index (χ3n) is 18.8. The summed E-state index contributed by atoms with van der Waals surface area (Å²) in [5.41, 5.74) is 3.98. The average Bonchev–Trinajstić information content (AvgIpc) is 1.68. The lowest BCUT2D eigenvalue weighted by Gasteiger charge is -2.42. The van der Waals surface area contributed by atoms with Gasteiger partial charge in [-0.15, -0.1) is 0 Å². The number of fused-ring (bicyclic) bond motifs is 6. The number of aliphatic carboxylic acids is 1. The number of nitrogens with zero attached hydrogens (tertiary/aromatic N) is 11. The van der Waals surface area contributed by atoms with Gasteiger partial charge in [0.05, 0.1) is 47.9 Å². The fourth-order valence-electron chi connectivity index (χ4n) is 12.6. The molecule has 3 aromatic heterocycles. The first-order valence-corrected chi connectivity index (χ1v) is 33.7. The number of methoxy groups -OCH3 is 1. The van der Waals surface area contributed by atoms with Gasteiger partial charge in [0.25, 0.3) is 0 Å². The highest BCUT2D eigenvalue weighted by Crippen LogP contribution is 2.42. The largest absolute Gasteiger partial charge is 0.493 e. The van der Waals surface area contributed by atoms with Crippen LogP contribution in [0.1, 0.15) is 82.3 Å². The van der Waals surface area contributed by atoms with Crippen LogP contribution in [0.3, 0.4) is 0 Å². The molecule has 2 fully saturated rings. The summed E-state index contributed by atoms with van der Waals surface area (Å²) in [6.45, 7) is 4.34. The zero-order valence-corrected chi connectivity index (χ0v) is 57.7. The van der Waals surface area contributed by atoms with E-state index in [1.165, 1.54) is 62.9 Å². The standard InChI is InChI=1S/C70H86N12O19/c1-42-21-25-81(57(84)20-24-71)38-51(42)79(6)63-46-23-27-82(64(46)73-40-72-63)67(90)75(2)28-29-77(4)69(92)96-39-43-16-18-52(99-66-60(87)58(85)59(86)62(100-66)65(88)89)49(33-43)74-56(83)15-13-11-9-8-10-12-14-32-95-68(91)76(3)30-31-78(5)70(93)101-61-48-37-80-26-22-45-35-54-55(98-41-97-54)36-47(45)50(80)34-44(48)17-19-53(61)94-7/h16-19,23,27,33-37,40,42,51,58-60,62,66,85-87H,8-15,20-22,25-26,28-32,38-39,41H2,1-7H3,(H-,74,83,88,89)/p+1/t42-,51+,58+,59+,60-,62+,66-/m1/s1. The van der Waals surface area contributed by atoms with Gasteiger partial charge in [0, 0.05) is 99.6 Å². The molecule has 6 amide bonds. The first kappa shape index (κ1) is 73.4. The number of nitrogens with one attached hydrogen (secondary N) is 1. The van der Waals surface area contributed by atoms with Crippen molar-refractivity contribution in [2.24, 2.45) is 5.92 Å². The van der Waals surface area contributed by atoms with Crippen molar-refractivity contribution in [1.82, 2.24) is 39.0 Å². The summed E-state index contributed by atoms with van der Waals surface area (Å²) in [4.78, 5) is 110. The number of carbonyl (C=O) groups excluding carboxylic acids is 6. The van der Waals surface area contributed by atoms with Gasteiger partial charge in [-0.05, 0) is 84.2 Å². The van der Waals surface area contributed by atoms with Crippen LogP contribution in [0.15, 0.2) is 73.3 Å². The predicted molar refractivity (Wildman–Crippen MR) is 362 cm³/mol. The summed E-state index contributed by atoms with van der Waals surface area (Å²) < 4.78 is 48.8. The molecule has 0 aliphatic carbocycles. The second kappa shape index (κ2) is 33.3. The summed E-state index contributed by atoms with van der Waals surface area (Å²) in [5.74, 6) is 0.521. The lowest BCUT2D eigenvalue weighted by molar-refractivity contribution is -0.686. The maximum Gasteiger partial charge on any atom is 0.415 e. The molecule has 6 aromatic rings. The molecule has 7 atom stereocenters. The zero-order chi connectivity index (χ0) is 72.2. The quantitative estimate of drug-likeness (QED) is 0.0286. The van der Waals surface area contributed by atoms with Gasteiger partial charge in [-0.2, -0.15) is 9.83 Å². The molecule has 4 aliphatic heterocycles. The van der Waals surface area contributed by atoms with Crippen LogP contribution in [0.5, 0.6) is 28.7 Å². The third kappa shape index (κ3) is 17.3. The molecule has 4 aliphatic rings. The number of benzene rings is 3. The number of likely N-dealkylation sites (tertiary alicyclic amines) is 1. The van der Waals surface area contributed by atoms with Crippen LogP contribution in [-0.2, 0) is 48.2 Å². The molecule has 101 heavy (non-hydrogen) atoms. The van der Waals surface area contributed by atoms with E-state index in [0.29, 0.717) is 78.2 Å². The first-order valence-electron chi connectivity index (χ1n) is 33.7. The molecule has 5 N–H and O–H groups in total. The minimum Gasteiger partial charge on any atom is -0.493 e. The molecule has 3 aromatic carbocycles. The maximum atomic E-state index is 13.9. The number of amides is 6. The number of piperidine rings is 1. The number of aliphatic hydroxyl groups is 3. The highest BCUT2D eigenvalue weighted by Gasteiger charge is 2.48. The topological polar surface area (TPSA) is 364 Å². The second-order valence-corrected chi connectivity index (χ2v) is 25.8. The Balaban J connectivity index is 0.644. The molecule has 0 spiro atoms. The van der Waals surface area contributed by atoms with Gasteiger partial charge in [0.1, 0.15) is 49.2 Å². The Morgan fingerprint density at radius 1 is 0.772 bits per heavy atom. The Morgan fingerprint density at radius 3 is 2.18 bits per heavy atom. The molecule has 7 heterocycles. The molecule has 540 valence electrons. The summed E-state index contributed by atoms with van der Waals surface area (Å²) >= 11 is 0. The van der Waals surface area contributed by atoms with E-state index in [1.54, 1.807) is 44.4 Å². The Labute approximate surface area is 583 Å².